The topological polar surface area (TPSA) is 134 Å². The molecule has 3 heterocycles. The molecule has 4 rings (SSSR count). The molecule has 3 N–H and O–H groups in total. The highest BCUT2D eigenvalue weighted by molar-refractivity contribution is 7.92. The molecule has 12 heteroatoms. The average Bonchev–Trinajstić information content (AvgIpc) is 3.44. The molecule has 1 saturated heterocycles. The minimum atomic E-state index is -3.86. The van der Waals surface area contributed by atoms with Crippen molar-refractivity contribution in [3.63, 3.8) is 0 Å². The molecule has 2 aromatic heterocycles. The number of amides is 3. The average molecular weight is 504 g/mol. The standard InChI is InChI=1S/C22H25N5O5S2/c1-14-15(2)25-32-21(14)26-34(30,31)18-7-5-17(6-8-18)23-20(28)16-9-11-27(12-10-16)22(29)24-19-4-3-13-33-19/h3-8,13,16,26H,9-12H2,1-2H3,(H,23,28)(H,24,29). The maximum Gasteiger partial charge on any atom is 0.322 e. The van der Waals surface area contributed by atoms with Crippen LogP contribution in [0.3, 0.4) is 0 Å². The highest BCUT2D eigenvalue weighted by atomic mass is 32.2. The molecule has 0 spiro atoms. The summed E-state index contributed by atoms with van der Waals surface area (Å²) in [5.74, 6) is -0.307. The Morgan fingerprint density at radius 2 is 1.79 bits per heavy atom. The number of aromatic nitrogens is 1. The number of sulfonamides is 1. The van der Waals surface area contributed by atoms with Crippen LogP contribution in [0.1, 0.15) is 24.1 Å². The first-order valence-corrected chi connectivity index (χ1v) is 13.1. The summed E-state index contributed by atoms with van der Waals surface area (Å²) in [5, 5.41) is 12.1. The number of nitrogens with one attached hydrogen (secondary N) is 3. The second kappa shape index (κ2) is 9.85. The molecule has 0 atom stereocenters. The molecule has 10 nitrogen and oxygen atoms in total. The Labute approximate surface area is 201 Å². The van der Waals surface area contributed by atoms with E-state index in [0.717, 1.165) is 5.00 Å². The number of benzene rings is 1. The molecule has 3 amide bonds. The molecule has 1 fully saturated rings. The number of piperidine rings is 1. The number of hydrogen-bond acceptors (Lipinski definition) is 7. The fourth-order valence-corrected chi connectivity index (χ4v) is 5.19. The molecule has 0 aliphatic carbocycles. The summed E-state index contributed by atoms with van der Waals surface area (Å²) in [7, 11) is -3.86. The van der Waals surface area contributed by atoms with Crippen molar-refractivity contribution in [2.75, 3.05) is 28.4 Å². The van der Waals surface area contributed by atoms with Crippen LogP contribution in [-0.4, -0.2) is 43.5 Å². The van der Waals surface area contributed by atoms with E-state index in [1.54, 1.807) is 18.7 Å². The van der Waals surface area contributed by atoms with Crippen LogP contribution in [0.4, 0.5) is 21.4 Å². The van der Waals surface area contributed by atoms with Gasteiger partial charge in [0.25, 0.3) is 10.0 Å². The summed E-state index contributed by atoms with van der Waals surface area (Å²) in [4.78, 5) is 26.8. The summed E-state index contributed by atoms with van der Waals surface area (Å²) < 4.78 is 32.6. The molecule has 180 valence electrons. The second-order valence-electron chi connectivity index (χ2n) is 8.01. The lowest BCUT2D eigenvalue weighted by Crippen LogP contribution is -2.43. The number of carbonyl (C=O) groups is 2. The fourth-order valence-electron chi connectivity index (χ4n) is 3.53. The number of anilines is 3. The normalized spacial score (nSPS) is 14.6. The van der Waals surface area contributed by atoms with E-state index in [4.69, 9.17) is 4.52 Å². The Hall–Kier alpha value is -3.38. The molecule has 1 aromatic carbocycles. The molecular formula is C22H25N5O5S2. The molecule has 0 bridgehead atoms. The third kappa shape index (κ3) is 5.39. The number of urea groups is 1. The summed E-state index contributed by atoms with van der Waals surface area (Å²) >= 11 is 1.45. The second-order valence-corrected chi connectivity index (χ2v) is 10.6. The van der Waals surface area contributed by atoms with Crippen LogP contribution < -0.4 is 15.4 Å². The van der Waals surface area contributed by atoms with Gasteiger partial charge in [0.2, 0.25) is 11.8 Å². The number of nitrogens with zero attached hydrogens (tertiary/aromatic N) is 2. The van der Waals surface area contributed by atoms with E-state index >= 15 is 0 Å². The monoisotopic (exact) mass is 503 g/mol. The molecular weight excluding hydrogens is 478 g/mol. The first-order valence-electron chi connectivity index (χ1n) is 10.7. The molecule has 0 saturated carbocycles. The van der Waals surface area contributed by atoms with Crippen LogP contribution in [0.2, 0.25) is 0 Å². The van der Waals surface area contributed by atoms with Crippen LogP contribution in [0.5, 0.6) is 0 Å². The van der Waals surface area contributed by atoms with Crippen molar-refractivity contribution in [2.45, 2.75) is 31.6 Å². The van der Waals surface area contributed by atoms with Gasteiger partial charge in [-0.3, -0.25) is 10.1 Å². The zero-order chi connectivity index (χ0) is 24.3. The summed E-state index contributed by atoms with van der Waals surface area (Å²) in [6.45, 7) is 4.40. The van der Waals surface area contributed by atoms with E-state index in [0.29, 0.717) is 42.9 Å². The van der Waals surface area contributed by atoms with E-state index in [-0.39, 0.29) is 28.6 Å². The van der Waals surface area contributed by atoms with Gasteiger partial charge in [-0.15, -0.1) is 11.3 Å². The van der Waals surface area contributed by atoms with Gasteiger partial charge in [0.05, 0.1) is 15.6 Å². The van der Waals surface area contributed by atoms with Crippen molar-refractivity contribution in [3.8, 4) is 0 Å². The van der Waals surface area contributed by atoms with Gasteiger partial charge in [-0.25, -0.2) is 17.9 Å². The Morgan fingerprint density at radius 1 is 1.09 bits per heavy atom. The number of likely N-dealkylation sites (tertiary alicyclic amines) is 1. The van der Waals surface area contributed by atoms with Gasteiger partial charge >= 0.3 is 6.03 Å². The smallest absolute Gasteiger partial charge is 0.322 e. The van der Waals surface area contributed by atoms with Crippen LogP contribution in [0.15, 0.2) is 51.2 Å². The van der Waals surface area contributed by atoms with E-state index < -0.39 is 10.0 Å². The van der Waals surface area contributed by atoms with Crippen LogP contribution in [-0.2, 0) is 14.8 Å². The van der Waals surface area contributed by atoms with Crippen molar-refractivity contribution in [1.82, 2.24) is 10.1 Å². The minimum absolute atomic E-state index is 0.0315. The Balaban J connectivity index is 1.30. The van der Waals surface area contributed by atoms with Crippen LogP contribution in [0.25, 0.3) is 0 Å². The highest BCUT2D eigenvalue weighted by Gasteiger charge is 2.28. The summed E-state index contributed by atoms with van der Waals surface area (Å²) in [6.07, 6.45) is 1.10. The van der Waals surface area contributed by atoms with Gasteiger partial charge in [0, 0.05) is 30.3 Å². The van der Waals surface area contributed by atoms with Gasteiger partial charge in [0.15, 0.2) is 0 Å². The molecule has 0 radical (unpaired) electrons. The summed E-state index contributed by atoms with van der Waals surface area (Å²) in [6, 6.07) is 9.44. The van der Waals surface area contributed by atoms with Crippen LogP contribution in [0, 0.1) is 19.8 Å². The Kier molecular flexibility index (Phi) is 6.89. The maximum atomic E-state index is 12.7. The number of carbonyl (C=O) groups excluding carboxylic acids is 2. The first-order chi connectivity index (χ1) is 16.2. The maximum absolute atomic E-state index is 12.7. The number of rotatable bonds is 6. The zero-order valence-electron chi connectivity index (χ0n) is 18.7. The summed E-state index contributed by atoms with van der Waals surface area (Å²) in [5.41, 5.74) is 1.71. The van der Waals surface area contributed by atoms with E-state index in [9.17, 15) is 18.0 Å². The highest BCUT2D eigenvalue weighted by Crippen LogP contribution is 2.24. The number of hydrogen-bond donors (Lipinski definition) is 3. The number of thiophene rings is 1. The predicted octanol–water partition coefficient (Wildman–Crippen LogP) is 4.04. The molecule has 3 aromatic rings. The van der Waals surface area contributed by atoms with E-state index in [1.165, 1.54) is 35.6 Å². The predicted molar refractivity (Wildman–Crippen MR) is 129 cm³/mol. The quantitative estimate of drug-likeness (QED) is 0.465. The fraction of sp³-hybridized carbons (Fsp3) is 0.318. The van der Waals surface area contributed by atoms with Crippen molar-refractivity contribution in [2.24, 2.45) is 5.92 Å². The lowest BCUT2D eigenvalue weighted by Gasteiger charge is -2.31. The lowest BCUT2D eigenvalue weighted by atomic mass is 9.96. The number of aryl methyl sites for hydroxylation is 1. The van der Waals surface area contributed by atoms with E-state index in [1.807, 2.05) is 17.5 Å². The molecule has 34 heavy (non-hydrogen) atoms. The Morgan fingerprint density at radius 3 is 2.38 bits per heavy atom. The third-order valence-electron chi connectivity index (χ3n) is 5.72. The van der Waals surface area contributed by atoms with Gasteiger partial charge in [0.1, 0.15) is 0 Å². The van der Waals surface area contributed by atoms with Crippen molar-refractivity contribution in [1.29, 1.82) is 0 Å². The van der Waals surface area contributed by atoms with Gasteiger partial charge in [-0.05, 0) is 68.5 Å². The van der Waals surface area contributed by atoms with Crippen molar-refractivity contribution in [3.05, 3.63) is 53.0 Å². The zero-order valence-corrected chi connectivity index (χ0v) is 20.3. The van der Waals surface area contributed by atoms with Gasteiger partial charge in [-0.2, -0.15) is 0 Å². The molecule has 1 aliphatic heterocycles. The largest absolute Gasteiger partial charge is 0.337 e. The molecule has 0 unspecified atom stereocenters. The lowest BCUT2D eigenvalue weighted by molar-refractivity contribution is -0.121. The molecule has 1 aliphatic rings. The Bertz CT molecular complexity index is 1260. The van der Waals surface area contributed by atoms with Crippen LogP contribution >= 0.6 is 11.3 Å². The van der Waals surface area contributed by atoms with Crippen molar-refractivity contribution < 1.29 is 22.5 Å². The van der Waals surface area contributed by atoms with Gasteiger partial charge in [-0.1, -0.05) is 5.16 Å². The minimum Gasteiger partial charge on any atom is -0.337 e. The first kappa shape index (κ1) is 23.8. The van der Waals surface area contributed by atoms with Crippen molar-refractivity contribution >= 4 is 49.9 Å². The SMILES string of the molecule is Cc1noc(NS(=O)(=O)c2ccc(NC(=O)C3CCN(C(=O)Nc4cccs4)CC3)cc2)c1C. The third-order valence-corrected chi connectivity index (χ3v) is 7.85. The van der Waals surface area contributed by atoms with E-state index in [2.05, 4.69) is 20.5 Å². The van der Waals surface area contributed by atoms with Gasteiger partial charge < -0.3 is 14.7 Å².